The number of rotatable bonds is 3. The maximum absolute atomic E-state index is 13.6. The number of aromatic nitrogens is 1. The van der Waals surface area contributed by atoms with Crippen LogP contribution in [0.2, 0.25) is 0 Å². The first kappa shape index (κ1) is 15.2. The van der Waals surface area contributed by atoms with Gasteiger partial charge in [0.05, 0.1) is 16.8 Å². The number of benzene rings is 2. The first-order valence-corrected chi connectivity index (χ1v) is 7.45. The number of fused-ring (bicyclic) bond motifs is 1. The van der Waals surface area contributed by atoms with Gasteiger partial charge in [0.2, 0.25) is 0 Å². The van der Waals surface area contributed by atoms with E-state index in [1.54, 1.807) is 18.2 Å². The quantitative estimate of drug-likeness (QED) is 0.797. The summed E-state index contributed by atoms with van der Waals surface area (Å²) in [7, 11) is 0. The number of nitrogens with one attached hydrogen (secondary N) is 1. The molecule has 1 aromatic heterocycles. The van der Waals surface area contributed by atoms with Crippen molar-refractivity contribution in [3.05, 3.63) is 76.7 Å². The lowest BCUT2D eigenvalue weighted by Crippen LogP contribution is -2.25. The van der Waals surface area contributed by atoms with Crippen LogP contribution in [0.25, 0.3) is 10.9 Å². The molecule has 0 unspecified atom stereocenters. The van der Waals surface area contributed by atoms with Crippen molar-refractivity contribution < 1.29 is 9.18 Å². The van der Waals surface area contributed by atoms with E-state index in [4.69, 9.17) is 0 Å². The van der Waals surface area contributed by atoms with Crippen molar-refractivity contribution in [3.8, 4) is 0 Å². The van der Waals surface area contributed by atoms with E-state index in [-0.39, 0.29) is 18.3 Å². The van der Waals surface area contributed by atoms with Gasteiger partial charge in [0, 0.05) is 17.5 Å². The van der Waals surface area contributed by atoms with Gasteiger partial charge in [-0.15, -0.1) is 0 Å². The molecule has 0 bridgehead atoms. The zero-order chi connectivity index (χ0) is 16.4. The highest BCUT2D eigenvalue weighted by Crippen LogP contribution is 2.22. The summed E-state index contributed by atoms with van der Waals surface area (Å²) >= 11 is 0. The van der Waals surface area contributed by atoms with Crippen LogP contribution in [-0.2, 0) is 6.54 Å². The van der Waals surface area contributed by atoms with Gasteiger partial charge < -0.3 is 5.32 Å². The van der Waals surface area contributed by atoms with Crippen molar-refractivity contribution >= 4 is 16.8 Å². The molecule has 0 aliphatic heterocycles. The number of aryl methyl sites for hydroxylation is 2. The van der Waals surface area contributed by atoms with E-state index >= 15 is 0 Å². The lowest BCUT2D eigenvalue weighted by Gasteiger charge is -2.13. The number of para-hydroxylation sites is 1. The van der Waals surface area contributed by atoms with Crippen LogP contribution >= 0.6 is 0 Å². The van der Waals surface area contributed by atoms with Crippen LogP contribution < -0.4 is 5.32 Å². The van der Waals surface area contributed by atoms with Gasteiger partial charge in [-0.05, 0) is 31.5 Å². The fraction of sp³-hybridized carbons (Fsp3) is 0.158. The van der Waals surface area contributed by atoms with Gasteiger partial charge >= 0.3 is 0 Å². The average Bonchev–Trinajstić information content (AvgIpc) is 2.54. The van der Waals surface area contributed by atoms with Crippen LogP contribution in [0, 0.1) is 19.7 Å². The molecule has 3 nitrogen and oxygen atoms in total. The van der Waals surface area contributed by atoms with Crippen LogP contribution in [0.15, 0.2) is 48.5 Å². The van der Waals surface area contributed by atoms with E-state index in [9.17, 15) is 9.18 Å². The smallest absolute Gasteiger partial charge is 0.253 e. The number of hydrogen-bond donors (Lipinski definition) is 1. The molecule has 0 spiro atoms. The molecule has 0 aliphatic rings. The van der Waals surface area contributed by atoms with Crippen LogP contribution in [0.5, 0.6) is 0 Å². The Labute approximate surface area is 134 Å². The molecular formula is C19H17FN2O. The summed E-state index contributed by atoms with van der Waals surface area (Å²) in [5.41, 5.74) is 3.45. The standard InChI is InChI=1S/C19H17FN2O/c1-12-15-8-4-6-10-17(15)22-13(2)18(12)19(23)21-11-14-7-3-5-9-16(14)20/h3-10H,11H2,1-2H3,(H,21,23). The van der Waals surface area contributed by atoms with Crippen molar-refractivity contribution in [2.45, 2.75) is 20.4 Å². The predicted octanol–water partition coefficient (Wildman–Crippen LogP) is 3.92. The maximum Gasteiger partial charge on any atom is 0.253 e. The van der Waals surface area contributed by atoms with Gasteiger partial charge in [0.15, 0.2) is 0 Å². The van der Waals surface area contributed by atoms with E-state index in [0.717, 1.165) is 16.5 Å². The normalized spacial score (nSPS) is 10.7. The van der Waals surface area contributed by atoms with Gasteiger partial charge in [0.25, 0.3) is 5.91 Å². The second kappa shape index (κ2) is 6.16. The fourth-order valence-electron chi connectivity index (χ4n) is 2.77. The minimum Gasteiger partial charge on any atom is -0.348 e. The summed E-state index contributed by atoms with van der Waals surface area (Å²) in [6.07, 6.45) is 0. The zero-order valence-electron chi connectivity index (χ0n) is 13.1. The van der Waals surface area contributed by atoms with Gasteiger partial charge in [-0.2, -0.15) is 0 Å². The Kier molecular flexibility index (Phi) is 4.06. The highest BCUT2D eigenvalue weighted by molar-refractivity contribution is 6.01. The van der Waals surface area contributed by atoms with Gasteiger partial charge in [0.1, 0.15) is 5.82 Å². The number of amides is 1. The highest BCUT2D eigenvalue weighted by Gasteiger charge is 2.16. The summed E-state index contributed by atoms with van der Waals surface area (Å²) in [4.78, 5) is 17.0. The number of nitrogens with zero attached hydrogens (tertiary/aromatic N) is 1. The van der Waals surface area contributed by atoms with Crippen molar-refractivity contribution in [3.63, 3.8) is 0 Å². The summed E-state index contributed by atoms with van der Waals surface area (Å²) in [5, 5.41) is 3.74. The molecule has 3 rings (SSSR count). The predicted molar refractivity (Wildman–Crippen MR) is 88.8 cm³/mol. The minimum absolute atomic E-state index is 0.150. The highest BCUT2D eigenvalue weighted by atomic mass is 19.1. The van der Waals surface area contributed by atoms with Crippen molar-refractivity contribution in [1.29, 1.82) is 0 Å². The van der Waals surface area contributed by atoms with E-state index in [2.05, 4.69) is 10.3 Å². The molecule has 0 saturated carbocycles. The van der Waals surface area contributed by atoms with Crippen LogP contribution in [0.1, 0.15) is 27.2 Å². The number of pyridine rings is 1. The Bertz CT molecular complexity index is 890. The summed E-state index contributed by atoms with van der Waals surface area (Å²) in [5.74, 6) is -0.556. The lowest BCUT2D eigenvalue weighted by atomic mass is 10.0. The number of carbonyl (C=O) groups is 1. The molecule has 0 fully saturated rings. The summed E-state index contributed by atoms with van der Waals surface area (Å²) in [6, 6.07) is 14.1. The van der Waals surface area contributed by atoms with E-state index in [1.807, 2.05) is 38.1 Å². The van der Waals surface area contributed by atoms with Crippen molar-refractivity contribution in [2.24, 2.45) is 0 Å². The van der Waals surface area contributed by atoms with Crippen molar-refractivity contribution in [1.82, 2.24) is 10.3 Å². The van der Waals surface area contributed by atoms with Gasteiger partial charge in [-0.25, -0.2) is 4.39 Å². The zero-order valence-corrected chi connectivity index (χ0v) is 13.1. The molecule has 2 aromatic carbocycles. The third kappa shape index (κ3) is 2.93. The molecule has 1 heterocycles. The Morgan fingerprint density at radius 3 is 2.57 bits per heavy atom. The number of carbonyl (C=O) groups excluding carboxylic acids is 1. The van der Waals surface area contributed by atoms with Crippen LogP contribution in [-0.4, -0.2) is 10.9 Å². The maximum atomic E-state index is 13.6. The summed E-state index contributed by atoms with van der Waals surface area (Å²) < 4.78 is 13.6. The second-order valence-electron chi connectivity index (χ2n) is 5.49. The molecule has 4 heteroatoms. The fourth-order valence-corrected chi connectivity index (χ4v) is 2.77. The SMILES string of the molecule is Cc1nc2ccccc2c(C)c1C(=O)NCc1ccccc1F. The van der Waals surface area contributed by atoms with Gasteiger partial charge in [-0.1, -0.05) is 36.4 Å². The van der Waals surface area contributed by atoms with Crippen LogP contribution in [0.3, 0.4) is 0 Å². The Morgan fingerprint density at radius 1 is 1.09 bits per heavy atom. The summed E-state index contributed by atoms with van der Waals surface area (Å²) in [6.45, 7) is 3.88. The van der Waals surface area contributed by atoms with E-state index in [0.29, 0.717) is 16.8 Å². The van der Waals surface area contributed by atoms with E-state index in [1.165, 1.54) is 6.07 Å². The molecular weight excluding hydrogens is 291 g/mol. The van der Waals surface area contributed by atoms with Crippen molar-refractivity contribution in [2.75, 3.05) is 0 Å². The molecule has 1 N–H and O–H groups in total. The molecule has 1 amide bonds. The molecule has 23 heavy (non-hydrogen) atoms. The average molecular weight is 308 g/mol. The number of halogens is 1. The molecule has 0 aliphatic carbocycles. The Hall–Kier alpha value is -2.75. The molecule has 0 saturated heterocycles. The van der Waals surface area contributed by atoms with Crippen LogP contribution in [0.4, 0.5) is 4.39 Å². The minimum atomic E-state index is -0.321. The monoisotopic (exact) mass is 308 g/mol. The lowest BCUT2D eigenvalue weighted by molar-refractivity contribution is 0.0949. The first-order valence-electron chi connectivity index (χ1n) is 7.45. The Balaban J connectivity index is 1.91. The van der Waals surface area contributed by atoms with Gasteiger partial charge in [-0.3, -0.25) is 9.78 Å². The molecule has 116 valence electrons. The third-order valence-electron chi connectivity index (χ3n) is 3.96. The second-order valence-corrected chi connectivity index (χ2v) is 5.49. The largest absolute Gasteiger partial charge is 0.348 e. The number of hydrogen-bond acceptors (Lipinski definition) is 2. The molecule has 0 radical (unpaired) electrons. The molecule has 3 aromatic rings. The van der Waals surface area contributed by atoms with E-state index < -0.39 is 0 Å². The first-order chi connectivity index (χ1) is 11.1. The third-order valence-corrected chi connectivity index (χ3v) is 3.96. The topological polar surface area (TPSA) is 42.0 Å². The molecule has 0 atom stereocenters. The Morgan fingerprint density at radius 2 is 1.78 bits per heavy atom.